The van der Waals surface area contributed by atoms with Gasteiger partial charge in [-0.05, 0) is 83.8 Å². The van der Waals surface area contributed by atoms with Crippen molar-refractivity contribution < 1.29 is 0 Å². The topological polar surface area (TPSA) is 79.7 Å². The Hall–Kier alpha value is -3.32. The number of aromatic nitrogens is 5. The lowest BCUT2D eigenvalue weighted by molar-refractivity contribution is 0.153. The number of hydrogen-bond donors (Lipinski definition) is 1. The first-order chi connectivity index (χ1) is 17.5. The zero-order valence-electron chi connectivity index (χ0n) is 21.6. The van der Waals surface area contributed by atoms with E-state index in [2.05, 4.69) is 93.3 Å². The molecule has 1 atom stereocenters. The molecule has 2 heterocycles. The van der Waals surface area contributed by atoms with E-state index in [0.717, 1.165) is 48.0 Å². The lowest BCUT2D eigenvalue weighted by Crippen LogP contribution is -2.33. The van der Waals surface area contributed by atoms with E-state index < -0.39 is 0 Å². The van der Waals surface area contributed by atoms with Crippen LogP contribution in [0.25, 0.3) is 10.9 Å². The van der Waals surface area contributed by atoms with E-state index in [9.17, 15) is 4.79 Å². The molecule has 5 rings (SSSR count). The number of hydrogen-bond acceptors (Lipinski definition) is 5. The van der Waals surface area contributed by atoms with Gasteiger partial charge >= 0.3 is 0 Å². The maximum absolute atomic E-state index is 13.2. The Bertz CT molecular complexity index is 1370. The fourth-order valence-corrected chi connectivity index (χ4v) is 5.53. The van der Waals surface area contributed by atoms with Gasteiger partial charge in [0.2, 0.25) is 0 Å². The summed E-state index contributed by atoms with van der Waals surface area (Å²) in [6.07, 6.45) is 6.62. The van der Waals surface area contributed by atoms with E-state index in [4.69, 9.17) is 0 Å². The molecule has 1 aliphatic rings. The van der Waals surface area contributed by atoms with Crippen LogP contribution in [0.2, 0.25) is 0 Å². The van der Waals surface area contributed by atoms with Crippen LogP contribution in [0.5, 0.6) is 0 Å². The van der Waals surface area contributed by atoms with Crippen molar-refractivity contribution in [1.29, 1.82) is 0 Å². The minimum absolute atomic E-state index is 0.0145. The highest BCUT2D eigenvalue weighted by Gasteiger charge is 2.30. The average molecular weight is 485 g/mol. The minimum atomic E-state index is -0.0329. The second kappa shape index (κ2) is 10.7. The first-order valence-corrected chi connectivity index (χ1v) is 13.2. The van der Waals surface area contributed by atoms with Gasteiger partial charge in [0.25, 0.3) is 5.56 Å². The number of tetrazole rings is 1. The van der Waals surface area contributed by atoms with Crippen molar-refractivity contribution in [3.05, 3.63) is 87.0 Å². The summed E-state index contributed by atoms with van der Waals surface area (Å²) in [4.78, 5) is 18.7. The van der Waals surface area contributed by atoms with Gasteiger partial charge in [0.15, 0.2) is 5.82 Å². The van der Waals surface area contributed by atoms with E-state index in [1.807, 2.05) is 6.07 Å². The SMILES string of the molecule is CCC[C@@H](c1nnnn1C1CCCC1)N(Cc1ccccc1)Cc1cc2cc(C)c(C)cc2[nH]c1=O. The largest absolute Gasteiger partial charge is 0.322 e. The number of nitrogens with zero attached hydrogens (tertiary/aromatic N) is 5. The molecular formula is C29H36N6O. The van der Waals surface area contributed by atoms with Gasteiger partial charge in [-0.3, -0.25) is 9.69 Å². The van der Waals surface area contributed by atoms with Crippen molar-refractivity contribution in [2.24, 2.45) is 0 Å². The molecule has 1 N–H and O–H groups in total. The van der Waals surface area contributed by atoms with Gasteiger partial charge in [0.05, 0.1) is 12.1 Å². The van der Waals surface area contributed by atoms with E-state index in [-0.39, 0.29) is 11.6 Å². The third-order valence-corrected chi connectivity index (χ3v) is 7.63. The molecule has 0 bridgehead atoms. The van der Waals surface area contributed by atoms with Crippen LogP contribution in [-0.2, 0) is 13.1 Å². The molecule has 0 aliphatic heterocycles. The van der Waals surface area contributed by atoms with E-state index in [1.165, 1.54) is 29.5 Å². The van der Waals surface area contributed by atoms with Crippen LogP contribution in [0, 0.1) is 13.8 Å². The molecular weight excluding hydrogens is 448 g/mol. The minimum Gasteiger partial charge on any atom is -0.322 e. The van der Waals surface area contributed by atoms with Gasteiger partial charge in [-0.25, -0.2) is 4.68 Å². The lowest BCUT2D eigenvalue weighted by Gasteiger charge is -2.31. The molecule has 0 spiro atoms. The van der Waals surface area contributed by atoms with Crippen molar-refractivity contribution in [1.82, 2.24) is 30.1 Å². The second-order valence-corrected chi connectivity index (χ2v) is 10.3. The van der Waals surface area contributed by atoms with Crippen molar-refractivity contribution >= 4 is 10.9 Å². The number of benzene rings is 2. The van der Waals surface area contributed by atoms with Crippen LogP contribution < -0.4 is 5.56 Å². The molecule has 2 aromatic heterocycles. The van der Waals surface area contributed by atoms with Crippen LogP contribution in [-0.4, -0.2) is 30.1 Å². The normalized spacial score (nSPS) is 15.2. The summed E-state index contributed by atoms with van der Waals surface area (Å²) >= 11 is 0. The molecule has 1 fully saturated rings. The summed E-state index contributed by atoms with van der Waals surface area (Å²) in [5, 5.41) is 14.2. The highest BCUT2D eigenvalue weighted by Crippen LogP contribution is 2.34. The van der Waals surface area contributed by atoms with Crippen LogP contribution in [0.3, 0.4) is 0 Å². The molecule has 0 radical (unpaired) electrons. The Labute approximate surface area is 212 Å². The number of nitrogens with one attached hydrogen (secondary N) is 1. The van der Waals surface area contributed by atoms with Gasteiger partial charge in [0, 0.05) is 24.2 Å². The number of H-pyrrole nitrogens is 1. The molecule has 0 unspecified atom stereocenters. The van der Waals surface area contributed by atoms with E-state index in [0.29, 0.717) is 19.1 Å². The zero-order valence-corrected chi connectivity index (χ0v) is 21.6. The lowest BCUT2D eigenvalue weighted by atomic mass is 10.0. The molecule has 1 aliphatic carbocycles. The van der Waals surface area contributed by atoms with Crippen LogP contribution in [0.4, 0.5) is 0 Å². The molecule has 7 nitrogen and oxygen atoms in total. The summed E-state index contributed by atoms with van der Waals surface area (Å²) in [5.41, 5.74) is 5.23. The van der Waals surface area contributed by atoms with Crippen molar-refractivity contribution in [2.75, 3.05) is 0 Å². The molecule has 0 amide bonds. The third-order valence-electron chi connectivity index (χ3n) is 7.63. The predicted molar refractivity (Wildman–Crippen MR) is 143 cm³/mol. The first kappa shape index (κ1) is 24.4. The molecule has 188 valence electrons. The summed E-state index contributed by atoms with van der Waals surface area (Å²) in [7, 11) is 0. The maximum atomic E-state index is 13.2. The Balaban J connectivity index is 1.55. The zero-order chi connectivity index (χ0) is 25.1. The Kier molecular flexibility index (Phi) is 7.28. The second-order valence-electron chi connectivity index (χ2n) is 10.3. The number of aryl methyl sites for hydroxylation is 2. The van der Waals surface area contributed by atoms with Gasteiger partial charge in [-0.15, -0.1) is 5.10 Å². The fraction of sp³-hybridized carbons (Fsp3) is 0.448. The Morgan fingerprint density at radius 2 is 1.81 bits per heavy atom. The molecule has 2 aromatic carbocycles. The highest BCUT2D eigenvalue weighted by molar-refractivity contribution is 5.80. The number of aromatic amines is 1. The summed E-state index contributed by atoms with van der Waals surface area (Å²) < 4.78 is 2.07. The summed E-state index contributed by atoms with van der Waals surface area (Å²) in [6, 6.07) is 17.1. The van der Waals surface area contributed by atoms with Gasteiger partial charge in [-0.2, -0.15) is 0 Å². The molecule has 36 heavy (non-hydrogen) atoms. The smallest absolute Gasteiger partial charge is 0.252 e. The number of rotatable bonds is 9. The van der Waals surface area contributed by atoms with Crippen LogP contribution in [0.1, 0.15) is 85.6 Å². The molecule has 0 saturated heterocycles. The van der Waals surface area contributed by atoms with Gasteiger partial charge in [0.1, 0.15) is 0 Å². The summed E-state index contributed by atoms with van der Waals surface area (Å²) in [5.74, 6) is 0.920. The average Bonchev–Trinajstić information content (AvgIpc) is 3.57. The van der Waals surface area contributed by atoms with E-state index >= 15 is 0 Å². The van der Waals surface area contributed by atoms with Crippen LogP contribution in [0.15, 0.2) is 53.3 Å². The molecule has 4 aromatic rings. The quantitative estimate of drug-likeness (QED) is 0.325. The number of pyridine rings is 1. The van der Waals surface area contributed by atoms with Crippen molar-refractivity contribution in [3.8, 4) is 0 Å². The van der Waals surface area contributed by atoms with Gasteiger partial charge in [-0.1, -0.05) is 56.5 Å². The van der Waals surface area contributed by atoms with Gasteiger partial charge < -0.3 is 4.98 Å². The number of fused-ring (bicyclic) bond motifs is 1. The monoisotopic (exact) mass is 484 g/mol. The van der Waals surface area contributed by atoms with Crippen molar-refractivity contribution in [2.45, 2.75) is 84.5 Å². The first-order valence-electron chi connectivity index (χ1n) is 13.2. The summed E-state index contributed by atoms with van der Waals surface area (Å²) in [6.45, 7) is 7.63. The van der Waals surface area contributed by atoms with Crippen LogP contribution >= 0.6 is 0 Å². The molecule has 1 saturated carbocycles. The van der Waals surface area contributed by atoms with E-state index in [1.54, 1.807) is 0 Å². The Morgan fingerprint density at radius 1 is 1.06 bits per heavy atom. The maximum Gasteiger partial charge on any atom is 0.252 e. The fourth-order valence-electron chi connectivity index (χ4n) is 5.53. The predicted octanol–water partition coefficient (Wildman–Crippen LogP) is 5.79. The standard InChI is InChI=1S/C29H36N6O/c1-4-10-27(28-31-32-33-35(28)25-13-8-9-14-25)34(18-22-11-6-5-7-12-22)19-24-17-23-15-20(2)21(3)16-26(23)30-29(24)36/h5-7,11-12,15-17,25,27H,4,8-10,13-14,18-19H2,1-3H3,(H,30,36)/t27-/m0/s1. The Morgan fingerprint density at radius 3 is 2.56 bits per heavy atom. The highest BCUT2D eigenvalue weighted by atomic mass is 16.1. The third kappa shape index (κ3) is 5.12. The van der Waals surface area contributed by atoms with Crippen molar-refractivity contribution in [3.63, 3.8) is 0 Å². The molecule has 7 heteroatoms.